The molecule has 2 aromatic rings. The maximum absolute atomic E-state index is 12.3. The minimum atomic E-state index is -3.38. The molecule has 0 spiro atoms. The van der Waals surface area contributed by atoms with Gasteiger partial charge in [0.05, 0.1) is 33.5 Å². The fraction of sp³-hybridized carbons (Fsp3) is 0.286. The van der Waals surface area contributed by atoms with Gasteiger partial charge in [0.1, 0.15) is 0 Å². The Bertz CT molecular complexity index is 734. The molecular weight excluding hydrogens is 306 g/mol. The minimum Gasteiger partial charge on any atom is -0.299 e. The molecule has 0 aliphatic heterocycles. The predicted octanol–water partition coefficient (Wildman–Crippen LogP) is 1.92. The van der Waals surface area contributed by atoms with Crippen LogP contribution in [0, 0.1) is 11.3 Å². The van der Waals surface area contributed by atoms with E-state index in [2.05, 4.69) is 4.98 Å². The summed E-state index contributed by atoms with van der Waals surface area (Å²) in [5.41, 5.74) is 3.05. The van der Waals surface area contributed by atoms with Gasteiger partial charge in [-0.25, -0.2) is 13.4 Å². The van der Waals surface area contributed by atoms with Gasteiger partial charge in [0, 0.05) is 18.5 Å². The van der Waals surface area contributed by atoms with Crippen molar-refractivity contribution in [2.24, 2.45) is 0 Å². The Morgan fingerprint density at radius 3 is 2.90 bits per heavy atom. The molecule has 0 fully saturated rings. The largest absolute Gasteiger partial charge is 0.299 e. The van der Waals surface area contributed by atoms with Crippen molar-refractivity contribution >= 4 is 21.2 Å². The second kappa shape index (κ2) is 6.80. The van der Waals surface area contributed by atoms with Crippen molar-refractivity contribution in [3.63, 3.8) is 0 Å². The van der Waals surface area contributed by atoms with Gasteiger partial charge in [0.15, 0.2) is 9.84 Å². The summed E-state index contributed by atoms with van der Waals surface area (Å²) in [6.07, 6.45) is 0. The lowest BCUT2D eigenvalue weighted by Crippen LogP contribution is -2.25. The monoisotopic (exact) mass is 321 g/mol. The molecule has 0 aliphatic carbocycles. The Morgan fingerprint density at radius 2 is 2.24 bits per heavy atom. The number of rotatable bonds is 6. The van der Waals surface area contributed by atoms with Crippen molar-refractivity contribution in [1.82, 2.24) is 9.88 Å². The van der Waals surface area contributed by atoms with Crippen molar-refractivity contribution < 1.29 is 8.42 Å². The molecule has 2 rings (SSSR count). The zero-order valence-electron chi connectivity index (χ0n) is 11.6. The Hall–Kier alpha value is -1.75. The lowest BCUT2D eigenvalue weighted by atomic mass is 10.2. The number of nitriles is 1. The maximum atomic E-state index is 12.3. The molecule has 0 amide bonds. The van der Waals surface area contributed by atoms with Gasteiger partial charge in [-0.15, -0.1) is 11.3 Å². The number of hydrogen-bond donors (Lipinski definition) is 0. The highest BCUT2D eigenvalue weighted by atomic mass is 32.2. The molecule has 0 saturated heterocycles. The molecule has 0 atom stereocenters. The lowest BCUT2D eigenvalue weighted by molar-refractivity contribution is 0.342. The Labute approximate surface area is 128 Å². The zero-order chi connectivity index (χ0) is 15.3. The highest BCUT2D eigenvalue weighted by Crippen LogP contribution is 2.13. The molecule has 0 N–H and O–H groups in total. The van der Waals surface area contributed by atoms with E-state index in [1.807, 2.05) is 23.4 Å². The van der Waals surface area contributed by atoms with Crippen LogP contribution in [0.25, 0.3) is 0 Å². The van der Waals surface area contributed by atoms with Crippen LogP contribution in [0.15, 0.2) is 40.1 Å². The van der Waals surface area contributed by atoms with E-state index in [0.29, 0.717) is 18.7 Å². The first-order valence-corrected chi connectivity index (χ1v) is 8.89. The summed E-state index contributed by atoms with van der Waals surface area (Å²) >= 11 is 1.52. The summed E-state index contributed by atoms with van der Waals surface area (Å²) in [6.45, 7) is 1.04. The Morgan fingerprint density at radius 1 is 1.43 bits per heavy atom. The van der Waals surface area contributed by atoms with Crippen molar-refractivity contribution in [1.29, 1.82) is 5.26 Å². The van der Waals surface area contributed by atoms with Crippen LogP contribution >= 0.6 is 11.3 Å². The van der Waals surface area contributed by atoms with Crippen LogP contribution in [0.4, 0.5) is 0 Å². The molecule has 0 radical (unpaired) electrons. The van der Waals surface area contributed by atoms with Crippen LogP contribution in [0.5, 0.6) is 0 Å². The van der Waals surface area contributed by atoms with Crippen molar-refractivity contribution in [3.05, 3.63) is 46.4 Å². The fourth-order valence-corrected chi connectivity index (χ4v) is 3.75. The lowest BCUT2D eigenvalue weighted by Gasteiger charge is -2.15. The molecule has 1 heterocycles. The van der Waals surface area contributed by atoms with E-state index in [0.717, 1.165) is 5.69 Å². The normalized spacial score (nSPS) is 11.5. The first kappa shape index (κ1) is 15.6. The summed E-state index contributed by atoms with van der Waals surface area (Å²) in [5, 5.41) is 10.8. The van der Waals surface area contributed by atoms with Crippen LogP contribution in [0.1, 0.15) is 11.3 Å². The van der Waals surface area contributed by atoms with Gasteiger partial charge in [0.2, 0.25) is 0 Å². The van der Waals surface area contributed by atoms with Crippen LogP contribution in [-0.4, -0.2) is 37.6 Å². The number of nitrogens with zero attached hydrogens (tertiary/aromatic N) is 3. The van der Waals surface area contributed by atoms with Crippen LogP contribution in [0.2, 0.25) is 0 Å². The summed E-state index contributed by atoms with van der Waals surface area (Å²) in [5.74, 6) is 0.0164. The molecular formula is C14H15N3O2S2. The fourth-order valence-electron chi connectivity index (χ4n) is 1.82. The third-order valence-electron chi connectivity index (χ3n) is 2.98. The van der Waals surface area contributed by atoms with Gasteiger partial charge >= 0.3 is 0 Å². The van der Waals surface area contributed by atoms with Gasteiger partial charge in [0.25, 0.3) is 0 Å². The zero-order valence-corrected chi connectivity index (χ0v) is 13.2. The second-order valence-electron chi connectivity index (χ2n) is 4.68. The average molecular weight is 321 g/mol. The predicted molar refractivity (Wildman–Crippen MR) is 81.7 cm³/mol. The summed E-state index contributed by atoms with van der Waals surface area (Å²) in [4.78, 5) is 6.29. The van der Waals surface area contributed by atoms with Gasteiger partial charge < -0.3 is 0 Å². The first-order chi connectivity index (χ1) is 10.0. The molecule has 0 aliphatic rings. The van der Waals surface area contributed by atoms with Crippen molar-refractivity contribution in [2.75, 3.05) is 19.3 Å². The van der Waals surface area contributed by atoms with E-state index in [4.69, 9.17) is 5.26 Å². The van der Waals surface area contributed by atoms with Gasteiger partial charge in [-0.05, 0) is 25.2 Å². The van der Waals surface area contributed by atoms with E-state index >= 15 is 0 Å². The quantitative estimate of drug-likeness (QED) is 0.812. The summed E-state index contributed by atoms with van der Waals surface area (Å²) < 4.78 is 24.5. The molecule has 0 saturated carbocycles. The van der Waals surface area contributed by atoms with E-state index in [-0.39, 0.29) is 10.6 Å². The molecule has 0 unspecified atom stereocenters. The molecule has 5 nitrogen and oxygen atoms in total. The van der Waals surface area contributed by atoms with Gasteiger partial charge in [-0.1, -0.05) is 6.07 Å². The van der Waals surface area contributed by atoms with E-state index in [1.165, 1.54) is 23.5 Å². The summed E-state index contributed by atoms with van der Waals surface area (Å²) in [6, 6.07) is 8.07. The third kappa shape index (κ3) is 4.36. The van der Waals surface area contributed by atoms with Crippen molar-refractivity contribution in [2.45, 2.75) is 11.4 Å². The number of thiazole rings is 1. The van der Waals surface area contributed by atoms with Crippen LogP contribution in [0.3, 0.4) is 0 Å². The van der Waals surface area contributed by atoms with Gasteiger partial charge in [-0.3, -0.25) is 4.90 Å². The number of aromatic nitrogens is 1. The molecule has 21 heavy (non-hydrogen) atoms. The Kier molecular flexibility index (Phi) is 5.07. The highest BCUT2D eigenvalue weighted by Gasteiger charge is 2.16. The van der Waals surface area contributed by atoms with Crippen LogP contribution in [-0.2, 0) is 16.4 Å². The average Bonchev–Trinajstić information content (AvgIpc) is 2.98. The van der Waals surface area contributed by atoms with Crippen molar-refractivity contribution in [3.8, 4) is 6.07 Å². The van der Waals surface area contributed by atoms with Crippen LogP contribution < -0.4 is 0 Å². The molecule has 1 aromatic carbocycles. The topological polar surface area (TPSA) is 74.1 Å². The van der Waals surface area contributed by atoms with Gasteiger partial charge in [-0.2, -0.15) is 5.26 Å². The maximum Gasteiger partial charge on any atom is 0.179 e. The van der Waals surface area contributed by atoms with E-state index < -0.39 is 9.84 Å². The highest BCUT2D eigenvalue weighted by molar-refractivity contribution is 7.91. The molecule has 7 heteroatoms. The minimum absolute atomic E-state index is 0.0164. The molecule has 1 aromatic heterocycles. The molecule has 0 bridgehead atoms. The smallest absolute Gasteiger partial charge is 0.179 e. The SMILES string of the molecule is CN(CCS(=O)(=O)c1cccc(C#N)c1)Cc1cscn1. The van der Waals surface area contributed by atoms with E-state index in [9.17, 15) is 8.42 Å². The number of hydrogen-bond acceptors (Lipinski definition) is 6. The van der Waals surface area contributed by atoms with E-state index in [1.54, 1.807) is 17.6 Å². The standard InChI is InChI=1S/C14H15N3O2S2/c1-17(9-13-10-20-11-16-13)5-6-21(18,19)14-4-2-3-12(7-14)8-15/h2-4,7,10-11H,5-6,9H2,1H3. The number of benzene rings is 1. The third-order valence-corrected chi connectivity index (χ3v) is 5.31. The first-order valence-electron chi connectivity index (χ1n) is 6.30. The Balaban J connectivity index is 1.99. The second-order valence-corrected chi connectivity index (χ2v) is 7.50. The molecule has 110 valence electrons. The number of sulfone groups is 1. The summed E-state index contributed by atoms with van der Waals surface area (Å²) in [7, 11) is -1.52.